The Kier molecular flexibility index (Phi) is 5.91. The first-order valence-electron chi connectivity index (χ1n) is 14.1. The lowest BCUT2D eigenvalue weighted by Crippen LogP contribution is -2.37. The van der Waals surface area contributed by atoms with Gasteiger partial charge in [-0.25, -0.2) is 0 Å². The van der Waals surface area contributed by atoms with E-state index >= 15 is 0 Å². The molecular formula is C39H32Si. The molecule has 0 N–H and O–H groups in total. The van der Waals surface area contributed by atoms with Gasteiger partial charge in [0.2, 0.25) is 0 Å². The van der Waals surface area contributed by atoms with Crippen LogP contribution in [0.3, 0.4) is 0 Å². The van der Waals surface area contributed by atoms with E-state index in [-0.39, 0.29) is 0 Å². The van der Waals surface area contributed by atoms with E-state index in [0.717, 1.165) is 0 Å². The molecule has 0 radical (unpaired) electrons. The molecule has 0 atom stereocenters. The highest BCUT2D eigenvalue weighted by Crippen LogP contribution is 2.46. The molecule has 1 heteroatoms. The Morgan fingerprint density at radius 3 is 1.45 bits per heavy atom. The molecule has 0 saturated carbocycles. The topological polar surface area (TPSA) is 0 Å². The number of hydrogen-bond acceptors (Lipinski definition) is 0. The fourth-order valence-corrected chi connectivity index (χ4v) is 7.34. The molecule has 0 bridgehead atoms. The van der Waals surface area contributed by atoms with Crippen molar-refractivity contribution in [1.29, 1.82) is 0 Å². The highest BCUT2D eigenvalue weighted by Gasteiger charge is 2.20. The van der Waals surface area contributed by atoms with Gasteiger partial charge in [0.1, 0.15) is 0 Å². The van der Waals surface area contributed by atoms with E-state index in [1.807, 2.05) is 0 Å². The molecule has 0 aromatic heterocycles. The Morgan fingerprint density at radius 2 is 0.850 bits per heavy atom. The second-order valence-electron chi connectivity index (χ2n) is 11.8. The van der Waals surface area contributed by atoms with Gasteiger partial charge in [-0.05, 0) is 71.8 Å². The summed E-state index contributed by atoms with van der Waals surface area (Å²) in [7, 11) is -1.37. The zero-order chi connectivity index (χ0) is 27.3. The molecule has 0 unspecified atom stereocenters. The van der Waals surface area contributed by atoms with Crippen molar-refractivity contribution in [2.24, 2.45) is 0 Å². The summed E-state index contributed by atoms with van der Waals surface area (Å²) in [4.78, 5) is 0. The molecule has 0 amide bonds. The minimum atomic E-state index is -1.37. The second kappa shape index (κ2) is 9.62. The third-order valence-electron chi connectivity index (χ3n) is 8.23. The van der Waals surface area contributed by atoms with E-state index in [2.05, 4.69) is 159 Å². The molecule has 0 heterocycles. The highest BCUT2D eigenvalue weighted by atomic mass is 28.3. The maximum atomic E-state index is 2.41. The van der Waals surface area contributed by atoms with Crippen LogP contribution in [-0.4, -0.2) is 8.07 Å². The monoisotopic (exact) mass is 528 g/mol. The summed E-state index contributed by atoms with van der Waals surface area (Å²) in [5, 5.41) is 9.20. The largest absolute Gasteiger partial charge is 0.0775 e. The molecule has 0 aliphatic carbocycles. The molecule has 192 valence electrons. The zero-order valence-electron chi connectivity index (χ0n) is 23.3. The van der Waals surface area contributed by atoms with Gasteiger partial charge < -0.3 is 0 Å². The maximum Gasteiger partial charge on any atom is 0.0775 e. The van der Waals surface area contributed by atoms with Gasteiger partial charge in [-0.2, -0.15) is 0 Å². The van der Waals surface area contributed by atoms with Gasteiger partial charge >= 0.3 is 0 Å². The minimum absolute atomic E-state index is 1.24. The molecule has 7 aromatic rings. The van der Waals surface area contributed by atoms with Gasteiger partial charge in [-0.15, -0.1) is 0 Å². The quantitative estimate of drug-likeness (QED) is 0.157. The lowest BCUT2D eigenvalue weighted by molar-refractivity contribution is 1.62. The smallest absolute Gasteiger partial charge is 0.0656 e. The average molecular weight is 529 g/mol. The van der Waals surface area contributed by atoms with Crippen molar-refractivity contribution in [2.75, 3.05) is 0 Å². The van der Waals surface area contributed by atoms with Crippen LogP contribution in [0.15, 0.2) is 140 Å². The Bertz CT molecular complexity index is 1970. The van der Waals surface area contributed by atoms with Crippen LogP contribution >= 0.6 is 0 Å². The summed E-state index contributed by atoms with van der Waals surface area (Å²) in [5.74, 6) is 0. The van der Waals surface area contributed by atoms with Crippen molar-refractivity contribution >= 4 is 45.6 Å². The Balaban J connectivity index is 1.53. The standard InChI is InChI=1S/C39H32Si/c1-40(2,3)31-24-22-28(23-25-31)38-34-16-8-10-18-36(34)39(37-19-11-9-17-35(37)38)33-15-7-6-14-32(33)30-21-20-27-12-4-5-13-29(27)26-30/h4-26H,1-3H3. The number of benzene rings is 7. The van der Waals surface area contributed by atoms with E-state index in [4.69, 9.17) is 0 Å². The van der Waals surface area contributed by atoms with Gasteiger partial charge in [0, 0.05) is 0 Å². The van der Waals surface area contributed by atoms with Crippen LogP contribution in [0.4, 0.5) is 0 Å². The molecule has 7 rings (SSSR count). The number of rotatable bonds is 4. The van der Waals surface area contributed by atoms with Gasteiger partial charge in [-0.1, -0.05) is 158 Å². The van der Waals surface area contributed by atoms with E-state index in [0.29, 0.717) is 0 Å². The van der Waals surface area contributed by atoms with Gasteiger partial charge in [-0.3, -0.25) is 0 Å². The fraction of sp³-hybridized carbons (Fsp3) is 0.0769. The second-order valence-corrected chi connectivity index (χ2v) is 16.9. The molecule has 7 aromatic carbocycles. The lowest BCUT2D eigenvalue weighted by atomic mass is 9.84. The normalized spacial score (nSPS) is 11.9. The minimum Gasteiger partial charge on any atom is -0.0656 e. The van der Waals surface area contributed by atoms with Gasteiger partial charge in [0.15, 0.2) is 0 Å². The van der Waals surface area contributed by atoms with Crippen LogP contribution in [0.2, 0.25) is 19.6 Å². The summed E-state index contributed by atoms with van der Waals surface area (Å²) >= 11 is 0. The highest BCUT2D eigenvalue weighted by molar-refractivity contribution is 6.88. The number of hydrogen-bond donors (Lipinski definition) is 0. The first-order valence-corrected chi connectivity index (χ1v) is 17.6. The van der Waals surface area contributed by atoms with Crippen molar-refractivity contribution in [3.8, 4) is 33.4 Å². The summed E-state index contributed by atoms with van der Waals surface area (Å²) in [6.07, 6.45) is 0. The number of fused-ring (bicyclic) bond motifs is 3. The summed E-state index contributed by atoms with van der Waals surface area (Å²) in [5.41, 5.74) is 7.68. The third kappa shape index (κ3) is 4.15. The van der Waals surface area contributed by atoms with Gasteiger partial charge in [0.05, 0.1) is 8.07 Å². The van der Waals surface area contributed by atoms with Crippen LogP contribution in [0.5, 0.6) is 0 Å². The van der Waals surface area contributed by atoms with Crippen LogP contribution in [0.25, 0.3) is 65.7 Å². The van der Waals surface area contributed by atoms with Crippen molar-refractivity contribution < 1.29 is 0 Å². The lowest BCUT2D eigenvalue weighted by Gasteiger charge is -2.21. The van der Waals surface area contributed by atoms with Crippen LogP contribution in [0, 0.1) is 0 Å². The Hall–Kier alpha value is -4.46. The molecular weight excluding hydrogens is 497 g/mol. The van der Waals surface area contributed by atoms with Crippen molar-refractivity contribution in [3.63, 3.8) is 0 Å². The molecule has 0 fully saturated rings. The van der Waals surface area contributed by atoms with E-state index in [9.17, 15) is 0 Å². The first-order chi connectivity index (χ1) is 19.5. The summed E-state index contributed by atoms with van der Waals surface area (Å²) < 4.78 is 0. The molecule has 0 spiro atoms. The SMILES string of the molecule is C[Si](C)(C)c1ccc(-c2c3ccccc3c(-c3ccccc3-c3ccc4ccccc4c3)c3ccccc23)cc1. The fourth-order valence-electron chi connectivity index (χ4n) is 6.18. The molecule has 0 aliphatic heterocycles. The van der Waals surface area contributed by atoms with Crippen LogP contribution < -0.4 is 5.19 Å². The van der Waals surface area contributed by atoms with E-state index in [1.54, 1.807) is 0 Å². The van der Waals surface area contributed by atoms with E-state index in [1.165, 1.54) is 70.9 Å². The van der Waals surface area contributed by atoms with Crippen molar-refractivity contribution in [2.45, 2.75) is 19.6 Å². The molecule has 0 aliphatic rings. The maximum absolute atomic E-state index is 2.41. The molecule has 0 saturated heterocycles. The predicted molar refractivity (Wildman–Crippen MR) is 178 cm³/mol. The third-order valence-corrected chi connectivity index (χ3v) is 10.3. The van der Waals surface area contributed by atoms with Crippen molar-refractivity contribution in [3.05, 3.63) is 140 Å². The Labute approximate surface area is 237 Å². The van der Waals surface area contributed by atoms with E-state index < -0.39 is 8.07 Å². The summed E-state index contributed by atoms with van der Waals surface area (Å²) in [6, 6.07) is 51.6. The van der Waals surface area contributed by atoms with Gasteiger partial charge in [0.25, 0.3) is 0 Å². The molecule has 0 nitrogen and oxygen atoms in total. The van der Waals surface area contributed by atoms with Crippen LogP contribution in [0.1, 0.15) is 0 Å². The van der Waals surface area contributed by atoms with Crippen LogP contribution in [-0.2, 0) is 0 Å². The first kappa shape index (κ1) is 24.6. The predicted octanol–water partition coefficient (Wildman–Crippen LogP) is 10.7. The van der Waals surface area contributed by atoms with Crippen molar-refractivity contribution in [1.82, 2.24) is 0 Å². The zero-order valence-corrected chi connectivity index (χ0v) is 24.3. The Morgan fingerprint density at radius 1 is 0.375 bits per heavy atom. The average Bonchev–Trinajstić information content (AvgIpc) is 2.99. The molecule has 40 heavy (non-hydrogen) atoms. The summed E-state index contributed by atoms with van der Waals surface area (Å²) in [6.45, 7) is 7.23.